The Balaban J connectivity index is 1.84. The van der Waals surface area contributed by atoms with Gasteiger partial charge in [-0.1, -0.05) is 43.7 Å². The number of benzene rings is 1. The third kappa shape index (κ3) is 4.19. The van der Waals surface area contributed by atoms with Gasteiger partial charge in [0.15, 0.2) is 0 Å². The smallest absolute Gasteiger partial charge is 0.124 e. The molecule has 1 N–H and O–H groups in total. The van der Waals surface area contributed by atoms with Crippen molar-refractivity contribution in [1.82, 2.24) is 5.32 Å². The molecule has 1 unspecified atom stereocenters. The van der Waals surface area contributed by atoms with Crippen molar-refractivity contribution in [2.45, 2.75) is 38.8 Å². The van der Waals surface area contributed by atoms with Crippen LogP contribution in [0.3, 0.4) is 0 Å². The van der Waals surface area contributed by atoms with Crippen LogP contribution >= 0.6 is 0 Å². The maximum absolute atomic E-state index is 5.65. The van der Waals surface area contributed by atoms with E-state index in [1.165, 1.54) is 24.8 Å². The van der Waals surface area contributed by atoms with Crippen molar-refractivity contribution in [3.8, 4) is 5.75 Å². The van der Waals surface area contributed by atoms with Gasteiger partial charge in [0.25, 0.3) is 0 Å². The Morgan fingerprint density at radius 2 is 2.22 bits per heavy atom. The lowest BCUT2D eigenvalue weighted by atomic mass is 10.1. The van der Waals surface area contributed by atoms with Gasteiger partial charge in [-0.2, -0.15) is 0 Å². The van der Waals surface area contributed by atoms with Crippen molar-refractivity contribution >= 4 is 0 Å². The van der Waals surface area contributed by atoms with Crippen molar-refractivity contribution in [2.75, 3.05) is 6.61 Å². The highest BCUT2D eigenvalue weighted by atomic mass is 16.5. The summed E-state index contributed by atoms with van der Waals surface area (Å²) in [6, 6.07) is 8.80. The van der Waals surface area contributed by atoms with Crippen molar-refractivity contribution < 1.29 is 4.74 Å². The van der Waals surface area contributed by atoms with Gasteiger partial charge in [-0.3, -0.25) is 0 Å². The molecule has 1 aliphatic rings. The molecule has 0 aromatic heterocycles. The Bertz CT molecular complexity index is 384. The minimum absolute atomic E-state index is 0.564. The first-order chi connectivity index (χ1) is 8.79. The highest BCUT2D eigenvalue weighted by Crippen LogP contribution is 2.33. The molecule has 1 aromatic rings. The molecule has 2 nitrogen and oxygen atoms in total. The van der Waals surface area contributed by atoms with Gasteiger partial charge in [0.2, 0.25) is 0 Å². The van der Waals surface area contributed by atoms with Gasteiger partial charge < -0.3 is 10.1 Å². The van der Waals surface area contributed by atoms with Gasteiger partial charge in [-0.05, 0) is 25.3 Å². The second kappa shape index (κ2) is 6.60. The lowest BCUT2D eigenvalue weighted by Crippen LogP contribution is -2.26. The number of hydrogen-bond donors (Lipinski definition) is 1. The summed E-state index contributed by atoms with van der Waals surface area (Å²) >= 11 is 0. The fourth-order valence-electron chi connectivity index (χ4n) is 2.16. The van der Waals surface area contributed by atoms with E-state index in [0.717, 1.165) is 18.2 Å². The fourth-order valence-corrected chi connectivity index (χ4v) is 2.16. The molecular weight excluding hydrogens is 222 g/mol. The van der Waals surface area contributed by atoms with E-state index in [2.05, 4.69) is 31.0 Å². The number of nitrogens with one attached hydrogen (secondary N) is 1. The molecule has 0 amide bonds. The van der Waals surface area contributed by atoms with E-state index in [9.17, 15) is 0 Å². The van der Waals surface area contributed by atoms with Crippen LogP contribution in [-0.2, 0) is 6.54 Å². The SMILES string of the molecule is C=CCOc1ccccc1CNC(C)CC1CC1. The average molecular weight is 245 g/mol. The summed E-state index contributed by atoms with van der Waals surface area (Å²) in [5, 5.41) is 3.58. The molecule has 1 saturated carbocycles. The number of hydrogen-bond acceptors (Lipinski definition) is 2. The van der Waals surface area contributed by atoms with E-state index in [0.29, 0.717) is 12.6 Å². The van der Waals surface area contributed by atoms with Crippen molar-refractivity contribution in [3.63, 3.8) is 0 Å². The van der Waals surface area contributed by atoms with Crippen LogP contribution in [0.5, 0.6) is 5.75 Å². The van der Waals surface area contributed by atoms with Crippen LogP contribution in [0.2, 0.25) is 0 Å². The summed E-state index contributed by atoms with van der Waals surface area (Å²) in [6.07, 6.45) is 5.92. The zero-order valence-corrected chi connectivity index (χ0v) is 11.2. The first-order valence-electron chi connectivity index (χ1n) is 6.84. The molecule has 1 aliphatic carbocycles. The van der Waals surface area contributed by atoms with Crippen LogP contribution in [0.4, 0.5) is 0 Å². The molecule has 0 bridgehead atoms. The Morgan fingerprint density at radius 3 is 2.94 bits per heavy atom. The molecule has 0 heterocycles. The van der Waals surface area contributed by atoms with Crippen LogP contribution in [0, 0.1) is 5.92 Å². The van der Waals surface area contributed by atoms with Crippen molar-refractivity contribution in [2.24, 2.45) is 5.92 Å². The van der Waals surface area contributed by atoms with Gasteiger partial charge in [0, 0.05) is 18.2 Å². The topological polar surface area (TPSA) is 21.3 Å². The van der Waals surface area contributed by atoms with E-state index in [4.69, 9.17) is 4.74 Å². The Morgan fingerprint density at radius 1 is 1.44 bits per heavy atom. The monoisotopic (exact) mass is 245 g/mol. The van der Waals surface area contributed by atoms with E-state index < -0.39 is 0 Å². The first-order valence-corrected chi connectivity index (χ1v) is 6.84. The molecule has 1 fully saturated rings. The summed E-state index contributed by atoms with van der Waals surface area (Å²) in [6.45, 7) is 7.39. The quantitative estimate of drug-likeness (QED) is 0.707. The fraction of sp³-hybridized carbons (Fsp3) is 0.500. The largest absolute Gasteiger partial charge is 0.489 e. The van der Waals surface area contributed by atoms with Crippen LogP contribution in [0.25, 0.3) is 0 Å². The summed E-state index contributed by atoms with van der Waals surface area (Å²) in [5.74, 6) is 1.93. The first kappa shape index (κ1) is 13.2. The molecule has 1 atom stereocenters. The second-order valence-electron chi connectivity index (χ2n) is 5.17. The highest BCUT2D eigenvalue weighted by molar-refractivity contribution is 5.33. The molecule has 0 radical (unpaired) electrons. The lowest BCUT2D eigenvalue weighted by Gasteiger charge is -2.15. The highest BCUT2D eigenvalue weighted by Gasteiger charge is 2.23. The maximum atomic E-state index is 5.65. The minimum atomic E-state index is 0.564. The van der Waals surface area contributed by atoms with E-state index in [1.54, 1.807) is 6.08 Å². The Hall–Kier alpha value is -1.28. The van der Waals surface area contributed by atoms with Crippen LogP contribution < -0.4 is 10.1 Å². The third-order valence-electron chi connectivity index (χ3n) is 3.35. The minimum Gasteiger partial charge on any atom is -0.489 e. The summed E-state index contributed by atoms with van der Waals surface area (Å²) < 4.78 is 5.65. The molecule has 1 aromatic carbocycles. The predicted molar refractivity (Wildman–Crippen MR) is 75.8 cm³/mol. The van der Waals surface area contributed by atoms with E-state index in [-0.39, 0.29) is 0 Å². The maximum Gasteiger partial charge on any atom is 0.124 e. The van der Waals surface area contributed by atoms with Crippen LogP contribution in [0.15, 0.2) is 36.9 Å². The van der Waals surface area contributed by atoms with E-state index >= 15 is 0 Å². The van der Waals surface area contributed by atoms with Gasteiger partial charge >= 0.3 is 0 Å². The van der Waals surface area contributed by atoms with Crippen molar-refractivity contribution in [1.29, 1.82) is 0 Å². The molecule has 18 heavy (non-hydrogen) atoms. The Kier molecular flexibility index (Phi) is 4.82. The van der Waals surface area contributed by atoms with Gasteiger partial charge in [0.1, 0.15) is 12.4 Å². The third-order valence-corrected chi connectivity index (χ3v) is 3.35. The van der Waals surface area contributed by atoms with Crippen LogP contribution in [-0.4, -0.2) is 12.6 Å². The number of rotatable bonds is 8. The normalized spacial score (nSPS) is 16.3. The zero-order chi connectivity index (χ0) is 12.8. The zero-order valence-electron chi connectivity index (χ0n) is 11.2. The summed E-state index contributed by atoms with van der Waals surface area (Å²) in [7, 11) is 0. The van der Waals surface area contributed by atoms with Crippen LogP contribution in [0.1, 0.15) is 31.7 Å². The second-order valence-corrected chi connectivity index (χ2v) is 5.17. The van der Waals surface area contributed by atoms with E-state index in [1.807, 2.05) is 12.1 Å². The Labute approximate surface area is 110 Å². The van der Waals surface area contributed by atoms with Gasteiger partial charge in [-0.15, -0.1) is 0 Å². The summed E-state index contributed by atoms with van der Waals surface area (Å²) in [4.78, 5) is 0. The molecule has 98 valence electrons. The molecule has 0 saturated heterocycles. The molecule has 0 aliphatic heterocycles. The molecule has 0 spiro atoms. The molecular formula is C16H23NO. The predicted octanol–water partition coefficient (Wildman–Crippen LogP) is 3.53. The molecule has 2 rings (SSSR count). The standard InChI is InChI=1S/C16H23NO/c1-3-10-18-16-7-5-4-6-15(16)12-17-13(2)11-14-8-9-14/h3-7,13-14,17H,1,8-12H2,2H3. The molecule has 2 heteroatoms. The van der Waals surface area contributed by atoms with Gasteiger partial charge in [-0.25, -0.2) is 0 Å². The number of ether oxygens (including phenoxy) is 1. The summed E-state index contributed by atoms with van der Waals surface area (Å²) in [5.41, 5.74) is 1.22. The lowest BCUT2D eigenvalue weighted by molar-refractivity contribution is 0.356. The van der Waals surface area contributed by atoms with Gasteiger partial charge in [0.05, 0.1) is 0 Å². The number of para-hydroxylation sites is 1. The van der Waals surface area contributed by atoms with Crippen molar-refractivity contribution in [3.05, 3.63) is 42.5 Å². The average Bonchev–Trinajstić information content (AvgIpc) is 3.18.